The molecule has 1 rings (SSSR count). The average Bonchev–Trinajstić information content (AvgIpc) is 2.34. The fourth-order valence-corrected chi connectivity index (χ4v) is 3.58. The molecule has 0 aliphatic rings. The zero-order chi connectivity index (χ0) is 16.4. The smallest absolute Gasteiger partial charge is 0.321 e. The van der Waals surface area contributed by atoms with Crippen LogP contribution < -0.4 is 4.72 Å². The summed E-state index contributed by atoms with van der Waals surface area (Å²) in [7, 11) is -8.23. The third-order valence-corrected chi connectivity index (χ3v) is 5.22. The van der Waals surface area contributed by atoms with Crippen LogP contribution in [0.5, 0.6) is 0 Å². The summed E-state index contributed by atoms with van der Waals surface area (Å²) >= 11 is 0. The topological polar surface area (TPSA) is 118 Å². The molecule has 0 fully saturated rings. The summed E-state index contributed by atoms with van der Waals surface area (Å²) in [6.07, 6.45) is 0.790. The van der Waals surface area contributed by atoms with Gasteiger partial charge >= 0.3 is 5.97 Å². The number of nitrogens with one attached hydrogen (secondary N) is 1. The maximum absolute atomic E-state index is 13.6. The zero-order valence-electron chi connectivity index (χ0n) is 11.2. The summed E-state index contributed by atoms with van der Waals surface area (Å²) in [5, 5.41) is 8.82. The molecule has 0 saturated heterocycles. The third kappa shape index (κ3) is 4.22. The Hall–Kier alpha value is -1.52. The highest BCUT2D eigenvalue weighted by atomic mass is 32.2. The lowest BCUT2D eigenvalue weighted by Crippen LogP contribution is -2.40. The average molecular weight is 339 g/mol. The van der Waals surface area contributed by atoms with Gasteiger partial charge in [0.05, 0.1) is 4.90 Å². The summed E-state index contributed by atoms with van der Waals surface area (Å²) in [6.45, 7) is 1.44. The van der Waals surface area contributed by atoms with E-state index in [4.69, 9.17) is 5.11 Å². The second kappa shape index (κ2) is 6.08. The van der Waals surface area contributed by atoms with Crippen LogP contribution in [0, 0.1) is 5.82 Å². The molecule has 7 nitrogen and oxygen atoms in total. The van der Waals surface area contributed by atoms with E-state index in [1.54, 1.807) is 0 Å². The van der Waals surface area contributed by atoms with E-state index in [9.17, 15) is 26.0 Å². The molecule has 21 heavy (non-hydrogen) atoms. The molecule has 1 aromatic carbocycles. The van der Waals surface area contributed by atoms with Crippen LogP contribution in [0.15, 0.2) is 28.0 Å². The highest BCUT2D eigenvalue weighted by molar-refractivity contribution is 7.91. The van der Waals surface area contributed by atoms with Crippen LogP contribution in [0.3, 0.4) is 0 Å². The van der Waals surface area contributed by atoms with Crippen LogP contribution in [0.25, 0.3) is 0 Å². The van der Waals surface area contributed by atoms with Crippen LogP contribution in [0.2, 0.25) is 0 Å². The van der Waals surface area contributed by atoms with E-state index in [1.165, 1.54) is 6.92 Å². The van der Waals surface area contributed by atoms with Crippen molar-refractivity contribution in [2.45, 2.75) is 29.2 Å². The second-order valence-electron chi connectivity index (χ2n) is 4.28. The largest absolute Gasteiger partial charge is 0.480 e. The van der Waals surface area contributed by atoms with Crippen LogP contribution in [0.4, 0.5) is 4.39 Å². The first-order valence-corrected chi connectivity index (χ1v) is 9.11. The molecule has 0 radical (unpaired) electrons. The van der Waals surface area contributed by atoms with Crippen molar-refractivity contribution in [2.24, 2.45) is 0 Å². The van der Waals surface area contributed by atoms with Gasteiger partial charge < -0.3 is 5.11 Å². The predicted molar refractivity (Wildman–Crippen MR) is 71.5 cm³/mol. The Balaban J connectivity index is 3.35. The Morgan fingerprint density at radius 3 is 2.33 bits per heavy atom. The van der Waals surface area contributed by atoms with E-state index in [0.29, 0.717) is 12.1 Å². The molecule has 0 amide bonds. The Morgan fingerprint density at radius 1 is 1.33 bits per heavy atom. The summed E-state index contributed by atoms with van der Waals surface area (Å²) in [5.74, 6) is -2.59. The van der Waals surface area contributed by atoms with Gasteiger partial charge in [-0.25, -0.2) is 21.2 Å². The fraction of sp³-hybridized carbons (Fsp3) is 0.364. The van der Waals surface area contributed by atoms with Crippen molar-refractivity contribution in [2.75, 3.05) is 6.26 Å². The molecular formula is C11H14FNO6S2. The maximum atomic E-state index is 13.6. The number of sulfone groups is 1. The van der Waals surface area contributed by atoms with E-state index >= 15 is 0 Å². The molecule has 0 spiro atoms. The number of hydrogen-bond donors (Lipinski definition) is 2. The number of benzene rings is 1. The molecule has 0 saturated carbocycles. The fourth-order valence-electron chi connectivity index (χ4n) is 1.48. The zero-order valence-corrected chi connectivity index (χ0v) is 12.8. The van der Waals surface area contributed by atoms with Gasteiger partial charge in [0.2, 0.25) is 10.0 Å². The summed E-state index contributed by atoms with van der Waals surface area (Å²) in [5.41, 5.74) is 0. The number of halogens is 1. The third-order valence-electron chi connectivity index (χ3n) is 2.62. The van der Waals surface area contributed by atoms with Gasteiger partial charge in [-0.2, -0.15) is 4.72 Å². The second-order valence-corrected chi connectivity index (χ2v) is 7.98. The molecule has 0 bridgehead atoms. The van der Waals surface area contributed by atoms with Gasteiger partial charge in [-0.3, -0.25) is 4.79 Å². The summed E-state index contributed by atoms with van der Waals surface area (Å²) in [4.78, 5) is 9.54. The highest BCUT2D eigenvalue weighted by Crippen LogP contribution is 2.20. The first kappa shape index (κ1) is 17.5. The van der Waals surface area contributed by atoms with Crippen molar-refractivity contribution in [1.29, 1.82) is 0 Å². The lowest BCUT2D eigenvalue weighted by Gasteiger charge is -2.13. The Kier molecular flexibility index (Phi) is 5.07. The normalized spacial score (nSPS) is 13.9. The molecule has 2 N–H and O–H groups in total. The minimum atomic E-state index is -4.50. The Bertz CT molecular complexity index is 757. The molecule has 0 heterocycles. The number of rotatable bonds is 6. The number of hydrogen-bond acceptors (Lipinski definition) is 5. The van der Waals surface area contributed by atoms with Crippen LogP contribution in [-0.2, 0) is 24.7 Å². The lowest BCUT2D eigenvalue weighted by atomic mass is 10.2. The van der Waals surface area contributed by atoms with Crippen LogP contribution in [0.1, 0.15) is 13.3 Å². The van der Waals surface area contributed by atoms with Crippen molar-refractivity contribution < 1.29 is 31.1 Å². The number of carbonyl (C=O) groups is 1. The summed E-state index contributed by atoms with van der Waals surface area (Å²) in [6, 6.07) is 0.850. The first-order chi connectivity index (χ1) is 9.49. The van der Waals surface area contributed by atoms with E-state index < -0.39 is 42.6 Å². The standard InChI is InChI=1S/C11H14FNO6S2/c1-3-9(11(14)15)13-21(18,19)10-6-7(20(2,16)17)4-5-8(10)12/h4-6,9,13H,3H2,1-2H3,(H,14,15)/t9-/m0/s1. The number of carboxylic acids is 1. The van der Waals surface area contributed by atoms with Gasteiger partial charge in [0.15, 0.2) is 9.84 Å². The summed E-state index contributed by atoms with van der Waals surface area (Å²) < 4.78 is 62.2. The van der Waals surface area contributed by atoms with E-state index in [0.717, 1.165) is 12.3 Å². The number of aliphatic carboxylic acids is 1. The predicted octanol–water partition coefficient (Wildman–Crippen LogP) is 0.371. The Morgan fingerprint density at radius 2 is 1.90 bits per heavy atom. The quantitative estimate of drug-likeness (QED) is 0.723. The van der Waals surface area contributed by atoms with E-state index in [1.807, 2.05) is 4.72 Å². The molecule has 0 aromatic heterocycles. The maximum Gasteiger partial charge on any atom is 0.321 e. The van der Waals surface area contributed by atoms with Gasteiger partial charge in [0.1, 0.15) is 16.8 Å². The molecule has 0 unspecified atom stereocenters. The molecule has 1 atom stereocenters. The minimum Gasteiger partial charge on any atom is -0.480 e. The van der Waals surface area contributed by atoms with Gasteiger partial charge in [-0.15, -0.1) is 0 Å². The van der Waals surface area contributed by atoms with Gasteiger partial charge in [0, 0.05) is 6.26 Å². The molecule has 118 valence electrons. The van der Waals surface area contributed by atoms with Gasteiger partial charge in [-0.1, -0.05) is 6.92 Å². The molecule has 0 aliphatic carbocycles. The molecule has 10 heteroatoms. The van der Waals surface area contributed by atoms with Crippen molar-refractivity contribution in [3.05, 3.63) is 24.0 Å². The Labute approximate surface area is 121 Å². The first-order valence-electron chi connectivity index (χ1n) is 5.73. The minimum absolute atomic E-state index is 0.0536. The van der Waals surface area contributed by atoms with Crippen molar-refractivity contribution in [3.8, 4) is 0 Å². The van der Waals surface area contributed by atoms with Crippen molar-refractivity contribution >= 4 is 25.8 Å². The van der Waals surface area contributed by atoms with Gasteiger partial charge in [-0.05, 0) is 24.6 Å². The van der Waals surface area contributed by atoms with E-state index in [2.05, 4.69) is 0 Å². The number of sulfonamides is 1. The van der Waals surface area contributed by atoms with Crippen molar-refractivity contribution in [1.82, 2.24) is 4.72 Å². The van der Waals surface area contributed by atoms with Crippen LogP contribution in [-0.4, -0.2) is 40.2 Å². The lowest BCUT2D eigenvalue weighted by molar-refractivity contribution is -0.139. The van der Waals surface area contributed by atoms with Crippen molar-refractivity contribution in [3.63, 3.8) is 0 Å². The SMILES string of the molecule is CC[C@H](NS(=O)(=O)c1cc(S(C)(=O)=O)ccc1F)C(=O)O. The van der Waals surface area contributed by atoms with E-state index in [-0.39, 0.29) is 11.3 Å². The molecular weight excluding hydrogens is 325 g/mol. The molecule has 1 aromatic rings. The number of carboxylic acid groups (broad SMARTS) is 1. The molecule has 0 aliphatic heterocycles. The highest BCUT2D eigenvalue weighted by Gasteiger charge is 2.27. The van der Waals surface area contributed by atoms with Gasteiger partial charge in [0.25, 0.3) is 0 Å². The van der Waals surface area contributed by atoms with Crippen LogP contribution >= 0.6 is 0 Å². The monoisotopic (exact) mass is 339 g/mol.